The maximum Gasteiger partial charge on any atom is 0.335 e. The van der Waals surface area contributed by atoms with Crippen molar-refractivity contribution in [2.24, 2.45) is 11.1 Å². The average molecular weight is 413 g/mol. The molecule has 144 valence electrons. The Kier molecular flexibility index (Phi) is 4.78. The molecular weight excluding hydrogens is 395 g/mol. The second-order valence-electron chi connectivity index (χ2n) is 6.96. The molecule has 1 amide bonds. The number of halogens is 2. The number of nitrogens with zero attached hydrogens (tertiary/aromatic N) is 1. The third kappa shape index (κ3) is 3.17. The molecule has 1 aromatic carbocycles. The van der Waals surface area contributed by atoms with Crippen LogP contribution in [0.5, 0.6) is 0 Å². The van der Waals surface area contributed by atoms with Gasteiger partial charge in [-0.3, -0.25) is 4.79 Å². The van der Waals surface area contributed by atoms with Crippen LogP contribution in [0.3, 0.4) is 0 Å². The Hall–Kier alpha value is -1.83. The van der Waals surface area contributed by atoms with E-state index in [0.717, 1.165) is 12.0 Å². The number of fused-ring (bicyclic) bond motifs is 1. The van der Waals surface area contributed by atoms with E-state index in [0.29, 0.717) is 28.6 Å². The van der Waals surface area contributed by atoms with E-state index in [9.17, 15) is 9.59 Å². The summed E-state index contributed by atoms with van der Waals surface area (Å²) in [5.41, 5.74) is 0.408. The normalized spacial score (nSPS) is 31.4. The van der Waals surface area contributed by atoms with Crippen LogP contribution < -0.4 is 5.32 Å². The summed E-state index contributed by atoms with van der Waals surface area (Å²) in [4.78, 5) is 30.1. The summed E-state index contributed by atoms with van der Waals surface area (Å²) in [6.07, 6.45) is 1.07. The minimum absolute atomic E-state index is 0.161. The van der Waals surface area contributed by atoms with Gasteiger partial charge in [0.15, 0.2) is 6.10 Å². The molecule has 1 saturated carbocycles. The third-order valence-corrected chi connectivity index (χ3v) is 5.78. The first-order valence-electron chi connectivity index (χ1n) is 8.66. The number of esters is 1. The summed E-state index contributed by atoms with van der Waals surface area (Å²) in [5, 5.41) is 8.09. The molecule has 4 rings (SSSR count). The number of ether oxygens (including phenoxy) is 2. The first kappa shape index (κ1) is 18.5. The van der Waals surface area contributed by atoms with Gasteiger partial charge in [0.05, 0.1) is 31.4 Å². The van der Waals surface area contributed by atoms with E-state index in [2.05, 4.69) is 15.2 Å². The van der Waals surface area contributed by atoms with E-state index in [1.807, 2.05) is 0 Å². The fourth-order valence-electron chi connectivity index (χ4n) is 3.81. The van der Waals surface area contributed by atoms with Gasteiger partial charge in [0.2, 0.25) is 5.60 Å². The van der Waals surface area contributed by atoms with Crippen LogP contribution in [0.15, 0.2) is 23.4 Å². The van der Waals surface area contributed by atoms with E-state index >= 15 is 0 Å². The highest BCUT2D eigenvalue weighted by molar-refractivity contribution is 6.35. The molecule has 9 heteroatoms. The number of nitrogens with one attached hydrogen (secondary N) is 1. The second kappa shape index (κ2) is 6.96. The number of hydrogen-bond acceptors (Lipinski definition) is 6. The standard InChI is InChI=1S/C18H18Cl2N2O5/c1-25-16(23)14-7-12(8-26-14)21-17(24)18-3-2-13(18)15(22-27-18)9-4-10(19)6-11(20)5-9/h4-6,12-14H,2-3,7-8H2,1H3,(H,21,24)/t12-,13?,14-,18?/m1/s1. The van der Waals surface area contributed by atoms with Crippen LogP contribution in [0.25, 0.3) is 0 Å². The van der Waals surface area contributed by atoms with Crippen LogP contribution in [0.2, 0.25) is 10.0 Å². The summed E-state index contributed by atoms with van der Waals surface area (Å²) in [6.45, 7) is 0.254. The number of hydrogen-bond donors (Lipinski definition) is 1. The molecule has 0 radical (unpaired) electrons. The van der Waals surface area contributed by atoms with Crippen LogP contribution in [0.1, 0.15) is 24.8 Å². The molecule has 2 heterocycles. The average Bonchev–Trinajstić information content (AvgIpc) is 3.16. The van der Waals surface area contributed by atoms with Gasteiger partial charge in [-0.15, -0.1) is 0 Å². The Balaban J connectivity index is 1.44. The smallest absolute Gasteiger partial charge is 0.335 e. The summed E-state index contributed by atoms with van der Waals surface area (Å²) < 4.78 is 10.1. The maximum atomic E-state index is 12.9. The highest BCUT2D eigenvalue weighted by atomic mass is 35.5. The molecule has 0 bridgehead atoms. The van der Waals surface area contributed by atoms with E-state index < -0.39 is 17.7 Å². The molecule has 1 saturated heterocycles. The summed E-state index contributed by atoms with van der Waals surface area (Å²) in [5.74, 6) is -0.845. The molecule has 27 heavy (non-hydrogen) atoms. The molecule has 1 N–H and O–H groups in total. The zero-order valence-electron chi connectivity index (χ0n) is 14.5. The van der Waals surface area contributed by atoms with Gasteiger partial charge in [-0.25, -0.2) is 4.79 Å². The lowest BCUT2D eigenvalue weighted by Gasteiger charge is -2.40. The number of carbonyl (C=O) groups excluding carboxylic acids is 2. The fourth-order valence-corrected chi connectivity index (χ4v) is 4.34. The quantitative estimate of drug-likeness (QED) is 0.766. The lowest BCUT2D eigenvalue weighted by atomic mass is 9.66. The Labute approximate surface area is 165 Å². The zero-order valence-corrected chi connectivity index (χ0v) is 16.0. The van der Waals surface area contributed by atoms with E-state index in [-0.39, 0.29) is 24.5 Å². The molecule has 1 aliphatic carbocycles. The fraction of sp³-hybridized carbons (Fsp3) is 0.500. The predicted molar refractivity (Wildman–Crippen MR) is 97.8 cm³/mol. The minimum Gasteiger partial charge on any atom is -0.467 e. The van der Waals surface area contributed by atoms with E-state index in [1.54, 1.807) is 18.2 Å². The summed E-state index contributed by atoms with van der Waals surface area (Å²) in [7, 11) is 1.31. The number of oxime groups is 1. The SMILES string of the molecule is COC(=O)[C@H]1C[C@@H](NC(=O)C23CCC2C(c2cc(Cl)cc(Cl)c2)=NO3)CO1. The molecule has 7 nitrogen and oxygen atoms in total. The lowest BCUT2D eigenvalue weighted by Crippen LogP contribution is -2.60. The number of methoxy groups -OCH3 is 1. The van der Waals surface area contributed by atoms with Crippen LogP contribution in [0.4, 0.5) is 0 Å². The van der Waals surface area contributed by atoms with Crippen molar-refractivity contribution in [1.29, 1.82) is 0 Å². The first-order chi connectivity index (χ1) is 12.9. The van der Waals surface area contributed by atoms with Crippen molar-refractivity contribution in [1.82, 2.24) is 5.32 Å². The van der Waals surface area contributed by atoms with Crippen LogP contribution >= 0.6 is 23.2 Å². The molecular formula is C18H18Cl2N2O5. The zero-order chi connectivity index (χ0) is 19.2. The Morgan fingerprint density at radius 1 is 1.30 bits per heavy atom. The van der Waals surface area contributed by atoms with Gasteiger partial charge in [-0.2, -0.15) is 0 Å². The van der Waals surface area contributed by atoms with Gasteiger partial charge in [0, 0.05) is 28.5 Å². The van der Waals surface area contributed by atoms with Crippen molar-refractivity contribution < 1.29 is 23.9 Å². The number of amides is 1. The number of benzene rings is 1. The van der Waals surface area contributed by atoms with Crippen LogP contribution in [0, 0.1) is 5.92 Å². The first-order valence-corrected chi connectivity index (χ1v) is 9.41. The molecule has 2 unspecified atom stereocenters. The Morgan fingerprint density at radius 2 is 2.04 bits per heavy atom. The van der Waals surface area contributed by atoms with Gasteiger partial charge in [-0.05, 0) is 24.6 Å². The number of rotatable bonds is 4. The molecule has 0 aromatic heterocycles. The Morgan fingerprint density at radius 3 is 2.67 bits per heavy atom. The second-order valence-corrected chi connectivity index (χ2v) is 7.83. The van der Waals surface area contributed by atoms with Gasteiger partial charge >= 0.3 is 5.97 Å². The number of carbonyl (C=O) groups is 2. The minimum atomic E-state index is -1.02. The van der Waals surface area contributed by atoms with Gasteiger partial charge in [-0.1, -0.05) is 28.4 Å². The van der Waals surface area contributed by atoms with Gasteiger partial charge in [0.1, 0.15) is 0 Å². The van der Waals surface area contributed by atoms with E-state index in [4.69, 9.17) is 32.8 Å². The van der Waals surface area contributed by atoms with Gasteiger partial charge < -0.3 is 19.6 Å². The molecule has 2 fully saturated rings. The predicted octanol–water partition coefficient (Wildman–Crippen LogP) is 2.32. The van der Waals surface area contributed by atoms with Crippen molar-refractivity contribution in [3.8, 4) is 0 Å². The van der Waals surface area contributed by atoms with Crippen LogP contribution in [-0.2, 0) is 23.9 Å². The van der Waals surface area contributed by atoms with Crippen molar-refractivity contribution in [2.45, 2.75) is 37.0 Å². The lowest BCUT2D eigenvalue weighted by molar-refractivity contribution is -0.161. The monoisotopic (exact) mass is 412 g/mol. The molecule has 2 aliphatic heterocycles. The maximum absolute atomic E-state index is 12.9. The van der Waals surface area contributed by atoms with Crippen molar-refractivity contribution in [3.63, 3.8) is 0 Å². The highest BCUT2D eigenvalue weighted by Crippen LogP contribution is 2.48. The largest absolute Gasteiger partial charge is 0.467 e. The van der Waals surface area contributed by atoms with E-state index in [1.165, 1.54) is 7.11 Å². The summed E-state index contributed by atoms with van der Waals surface area (Å²) in [6, 6.07) is 4.88. The topological polar surface area (TPSA) is 86.2 Å². The molecule has 1 aromatic rings. The highest BCUT2D eigenvalue weighted by Gasteiger charge is 2.62. The Bertz CT molecular complexity index is 810. The van der Waals surface area contributed by atoms with Crippen molar-refractivity contribution >= 4 is 40.8 Å². The third-order valence-electron chi connectivity index (χ3n) is 5.34. The van der Waals surface area contributed by atoms with Gasteiger partial charge in [0.25, 0.3) is 5.91 Å². The molecule has 4 atom stereocenters. The van der Waals surface area contributed by atoms with Crippen molar-refractivity contribution in [2.75, 3.05) is 13.7 Å². The van der Waals surface area contributed by atoms with Crippen molar-refractivity contribution in [3.05, 3.63) is 33.8 Å². The molecule has 0 spiro atoms. The summed E-state index contributed by atoms with van der Waals surface area (Å²) >= 11 is 12.2. The van der Waals surface area contributed by atoms with Crippen LogP contribution in [-0.4, -0.2) is 49.1 Å². The molecule has 3 aliphatic rings.